The SMILES string of the molecule is CCc1ccc(C(NC)c2ccccc2I)cc1CC. The van der Waals surface area contributed by atoms with E-state index in [2.05, 4.69) is 84.2 Å². The van der Waals surface area contributed by atoms with E-state index in [4.69, 9.17) is 0 Å². The number of aryl methyl sites for hydroxylation is 2. The molecular weight excluding hydrogens is 357 g/mol. The Labute approximate surface area is 135 Å². The lowest BCUT2D eigenvalue weighted by Crippen LogP contribution is -2.19. The van der Waals surface area contributed by atoms with E-state index in [1.54, 1.807) is 0 Å². The summed E-state index contributed by atoms with van der Waals surface area (Å²) < 4.78 is 1.31. The van der Waals surface area contributed by atoms with Crippen molar-refractivity contribution in [2.45, 2.75) is 32.7 Å². The van der Waals surface area contributed by atoms with Crippen molar-refractivity contribution in [2.75, 3.05) is 7.05 Å². The average molecular weight is 379 g/mol. The van der Waals surface area contributed by atoms with Crippen molar-refractivity contribution < 1.29 is 0 Å². The summed E-state index contributed by atoms with van der Waals surface area (Å²) in [6.07, 6.45) is 2.20. The third-order valence-electron chi connectivity index (χ3n) is 3.83. The molecule has 0 radical (unpaired) electrons. The Morgan fingerprint density at radius 1 is 1.00 bits per heavy atom. The van der Waals surface area contributed by atoms with E-state index in [0.29, 0.717) is 0 Å². The van der Waals surface area contributed by atoms with Gasteiger partial charge >= 0.3 is 0 Å². The lowest BCUT2D eigenvalue weighted by atomic mass is 9.93. The molecule has 106 valence electrons. The smallest absolute Gasteiger partial charge is 0.0584 e. The van der Waals surface area contributed by atoms with Crippen molar-refractivity contribution in [2.24, 2.45) is 0 Å². The van der Waals surface area contributed by atoms with Crippen molar-refractivity contribution in [3.05, 3.63) is 68.3 Å². The molecule has 0 spiro atoms. The molecule has 2 aromatic rings. The molecule has 1 nitrogen and oxygen atoms in total. The fourth-order valence-electron chi connectivity index (χ4n) is 2.71. The van der Waals surface area contributed by atoms with Gasteiger partial charge in [-0.3, -0.25) is 0 Å². The van der Waals surface area contributed by atoms with Gasteiger partial charge in [-0.25, -0.2) is 0 Å². The van der Waals surface area contributed by atoms with Gasteiger partial charge in [-0.15, -0.1) is 0 Å². The molecule has 0 aliphatic heterocycles. The summed E-state index contributed by atoms with van der Waals surface area (Å²) in [5.74, 6) is 0. The minimum Gasteiger partial charge on any atom is -0.309 e. The van der Waals surface area contributed by atoms with Gasteiger partial charge in [-0.05, 0) is 70.8 Å². The zero-order chi connectivity index (χ0) is 14.5. The van der Waals surface area contributed by atoms with Gasteiger partial charge in [0.05, 0.1) is 6.04 Å². The molecule has 0 fully saturated rings. The van der Waals surface area contributed by atoms with E-state index in [-0.39, 0.29) is 6.04 Å². The van der Waals surface area contributed by atoms with Gasteiger partial charge in [-0.1, -0.05) is 50.2 Å². The minimum absolute atomic E-state index is 0.263. The highest BCUT2D eigenvalue weighted by molar-refractivity contribution is 14.1. The minimum atomic E-state index is 0.263. The molecule has 2 rings (SSSR count). The lowest BCUT2D eigenvalue weighted by molar-refractivity contribution is 0.687. The Morgan fingerprint density at radius 3 is 2.30 bits per heavy atom. The highest BCUT2D eigenvalue weighted by Gasteiger charge is 2.15. The molecule has 1 N–H and O–H groups in total. The van der Waals surface area contributed by atoms with E-state index in [1.165, 1.54) is 25.8 Å². The maximum Gasteiger partial charge on any atom is 0.0584 e. The molecule has 0 saturated heterocycles. The number of nitrogens with one attached hydrogen (secondary N) is 1. The van der Waals surface area contributed by atoms with Crippen LogP contribution in [-0.2, 0) is 12.8 Å². The second kappa shape index (κ2) is 7.23. The van der Waals surface area contributed by atoms with Gasteiger partial charge in [0.25, 0.3) is 0 Å². The molecule has 2 heteroatoms. The predicted molar refractivity (Wildman–Crippen MR) is 95.3 cm³/mol. The molecule has 20 heavy (non-hydrogen) atoms. The van der Waals surface area contributed by atoms with Crippen LogP contribution in [0.1, 0.15) is 42.1 Å². The van der Waals surface area contributed by atoms with Crippen LogP contribution in [0, 0.1) is 3.57 Å². The first kappa shape index (κ1) is 15.5. The maximum atomic E-state index is 3.46. The molecule has 0 bridgehead atoms. The van der Waals surface area contributed by atoms with Crippen LogP contribution in [-0.4, -0.2) is 7.05 Å². The summed E-state index contributed by atoms with van der Waals surface area (Å²) in [7, 11) is 2.03. The maximum absolute atomic E-state index is 3.46. The average Bonchev–Trinajstić information content (AvgIpc) is 2.49. The Balaban J connectivity index is 2.45. The molecule has 0 aliphatic carbocycles. The molecule has 0 aliphatic rings. The van der Waals surface area contributed by atoms with Gasteiger partial charge in [0.15, 0.2) is 0 Å². The van der Waals surface area contributed by atoms with Gasteiger partial charge < -0.3 is 5.32 Å². The van der Waals surface area contributed by atoms with E-state index in [9.17, 15) is 0 Å². The summed E-state index contributed by atoms with van der Waals surface area (Å²) in [5, 5.41) is 3.46. The van der Waals surface area contributed by atoms with Crippen LogP contribution >= 0.6 is 22.6 Å². The molecule has 0 saturated carbocycles. The van der Waals surface area contributed by atoms with E-state index in [0.717, 1.165) is 12.8 Å². The number of rotatable bonds is 5. The van der Waals surface area contributed by atoms with E-state index < -0.39 is 0 Å². The summed E-state index contributed by atoms with van der Waals surface area (Å²) in [5.41, 5.74) is 5.64. The Morgan fingerprint density at radius 2 is 1.70 bits per heavy atom. The first-order chi connectivity index (χ1) is 9.71. The summed E-state index contributed by atoms with van der Waals surface area (Å²) >= 11 is 2.42. The van der Waals surface area contributed by atoms with Crippen LogP contribution in [0.2, 0.25) is 0 Å². The van der Waals surface area contributed by atoms with Gasteiger partial charge in [0.1, 0.15) is 0 Å². The van der Waals surface area contributed by atoms with Gasteiger partial charge in [-0.2, -0.15) is 0 Å². The quantitative estimate of drug-likeness (QED) is 0.741. The van der Waals surface area contributed by atoms with E-state index in [1.807, 2.05) is 7.05 Å². The molecule has 0 amide bonds. The van der Waals surface area contributed by atoms with Gasteiger partial charge in [0.2, 0.25) is 0 Å². The first-order valence-electron chi connectivity index (χ1n) is 7.24. The van der Waals surface area contributed by atoms with Crippen LogP contribution in [0.25, 0.3) is 0 Å². The largest absolute Gasteiger partial charge is 0.309 e. The first-order valence-corrected chi connectivity index (χ1v) is 8.32. The Kier molecular flexibility index (Phi) is 5.61. The van der Waals surface area contributed by atoms with Crippen LogP contribution in [0.15, 0.2) is 42.5 Å². The molecular formula is C18H22IN. The zero-order valence-corrected chi connectivity index (χ0v) is 14.6. The third-order valence-corrected chi connectivity index (χ3v) is 4.81. The van der Waals surface area contributed by atoms with Crippen molar-refractivity contribution in [1.29, 1.82) is 0 Å². The van der Waals surface area contributed by atoms with Crippen LogP contribution in [0.4, 0.5) is 0 Å². The second-order valence-electron chi connectivity index (χ2n) is 4.98. The van der Waals surface area contributed by atoms with Crippen LogP contribution in [0.3, 0.4) is 0 Å². The lowest BCUT2D eigenvalue weighted by Gasteiger charge is -2.20. The highest BCUT2D eigenvalue weighted by Crippen LogP contribution is 2.27. The van der Waals surface area contributed by atoms with E-state index >= 15 is 0 Å². The van der Waals surface area contributed by atoms with Crippen molar-refractivity contribution in [3.8, 4) is 0 Å². The third kappa shape index (κ3) is 3.23. The topological polar surface area (TPSA) is 12.0 Å². The van der Waals surface area contributed by atoms with Crippen LogP contribution in [0.5, 0.6) is 0 Å². The van der Waals surface area contributed by atoms with Crippen molar-refractivity contribution in [3.63, 3.8) is 0 Å². The summed E-state index contributed by atoms with van der Waals surface area (Å²) in [6, 6.07) is 15.8. The Hall–Kier alpha value is -0.870. The second-order valence-corrected chi connectivity index (χ2v) is 6.14. The van der Waals surface area contributed by atoms with Crippen molar-refractivity contribution >= 4 is 22.6 Å². The molecule has 0 heterocycles. The number of hydrogen-bond acceptors (Lipinski definition) is 1. The molecule has 0 aromatic heterocycles. The van der Waals surface area contributed by atoms with Crippen molar-refractivity contribution in [1.82, 2.24) is 5.32 Å². The molecule has 1 unspecified atom stereocenters. The summed E-state index contributed by atoms with van der Waals surface area (Å²) in [4.78, 5) is 0. The fourth-order valence-corrected chi connectivity index (χ4v) is 3.41. The predicted octanol–water partition coefficient (Wildman–Crippen LogP) is 4.72. The number of halogens is 1. The Bertz CT molecular complexity index is 577. The number of benzene rings is 2. The zero-order valence-electron chi connectivity index (χ0n) is 12.4. The fraction of sp³-hybridized carbons (Fsp3) is 0.333. The monoisotopic (exact) mass is 379 g/mol. The molecule has 2 aromatic carbocycles. The van der Waals surface area contributed by atoms with Gasteiger partial charge in [0, 0.05) is 3.57 Å². The number of hydrogen-bond donors (Lipinski definition) is 1. The standard InChI is InChI=1S/C18H22IN/c1-4-13-10-11-15(12-14(13)5-2)18(20-3)16-8-6-7-9-17(16)19/h6-12,18,20H,4-5H2,1-3H3. The molecule has 1 atom stereocenters. The normalized spacial score (nSPS) is 12.4. The highest BCUT2D eigenvalue weighted by atomic mass is 127. The van der Waals surface area contributed by atoms with Crippen LogP contribution < -0.4 is 5.32 Å². The summed E-state index contributed by atoms with van der Waals surface area (Å²) in [6.45, 7) is 4.46.